The molecule has 1 saturated carbocycles. The molecule has 2 aromatic rings. The second-order valence-electron chi connectivity index (χ2n) is 8.29. The molecule has 2 aliphatic rings. The van der Waals surface area contributed by atoms with Crippen molar-refractivity contribution in [2.24, 2.45) is 10.9 Å². The number of guanidine groups is 1. The molecule has 2 N–H and O–H groups in total. The van der Waals surface area contributed by atoms with Crippen LogP contribution < -0.4 is 10.6 Å². The van der Waals surface area contributed by atoms with Gasteiger partial charge in [-0.15, -0.1) is 24.0 Å². The van der Waals surface area contributed by atoms with Gasteiger partial charge >= 0.3 is 0 Å². The van der Waals surface area contributed by atoms with Crippen LogP contribution in [0.15, 0.2) is 47.5 Å². The molecule has 4 atom stereocenters. The zero-order valence-electron chi connectivity index (χ0n) is 17.9. The van der Waals surface area contributed by atoms with Gasteiger partial charge < -0.3 is 15.4 Å². The monoisotopic (exact) mass is 541 g/mol. The third kappa shape index (κ3) is 5.74. The lowest BCUT2D eigenvalue weighted by atomic mass is 9.89. The van der Waals surface area contributed by atoms with Crippen LogP contribution in [0.3, 0.4) is 0 Å². The van der Waals surface area contributed by atoms with Crippen molar-refractivity contribution in [3.63, 3.8) is 0 Å². The Bertz CT molecular complexity index is 886. The summed E-state index contributed by atoms with van der Waals surface area (Å²) in [6, 6.07) is 12.5. The highest BCUT2D eigenvalue weighted by Gasteiger charge is 2.42. The lowest BCUT2D eigenvalue weighted by molar-refractivity contribution is -0.0265. The van der Waals surface area contributed by atoms with E-state index in [-0.39, 0.29) is 47.6 Å². The zero-order chi connectivity index (χ0) is 21.1. The minimum absolute atomic E-state index is 0. The number of hydrogen-bond acceptors (Lipinski definition) is 2. The predicted molar refractivity (Wildman–Crippen MR) is 130 cm³/mol. The first-order valence-electron chi connectivity index (χ1n) is 10.7. The maximum Gasteiger partial charge on any atom is 0.191 e. The number of aliphatic imine (C=N–C) groups is 1. The van der Waals surface area contributed by atoms with Crippen LogP contribution in [-0.4, -0.2) is 32.2 Å². The van der Waals surface area contributed by atoms with Gasteiger partial charge in [-0.3, -0.25) is 4.99 Å². The molecule has 0 radical (unpaired) electrons. The van der Waals surface area contributed by atoms with E-state index in [0.717, 1.165) is 26.0 Å². The summed E-state index contributed by atoms with van der Waals surface area (Å²) in [5, 5.41) is 6.70. The Morgan fingerprint density at radius 1 is 1.13 bits per heavy atom. The number of aryl methyl sites for hydroxylation is 1. The topological polar surface area (TPSA) is 45.7 Å². The van der Waals surface area contributed by atoms with Crippen LogP contribution in [0.2, 0.25) is 0 Å². The zero-order valence-corrected chi connectivity index (χ0v) is 20.2. The molecule has 4 rings (SSSR count). The van der Waals surface area contributed by atoms with Gasteiger partial charge in [0, 0.05) is 43.6 Å². The summed E-state index contributed by atoms with van der Waals surface area (Å²) in [5.74, 6) is -0.130. The molecular weight excluding hydrogens is 511 g/mol. The molecule has 0 amide bonds. The molecule has 4 nitrogen and oxygen atoms in total. The number of ether oxygens (including phenoxy) is 1. The summed E-state index contributed by atoms with van der Waals surface area (Å²) >= 11 is 0. The molecule has 1 heterocycles. The number of rotatable bonds is 5. The van der Waals surface area contributed by atoms with E-state index >= 15 is 0 Å². The van der Waals surface area contributed by atoms with Crippen molar-refractivity contribution in [3.8, 4) is 0 Å². The van der Waals surface area contributed by atoms with Crippen LogP contribution in [0, 0.1) is 24.5 Å². The van der Waals surface area contributed by atoms with Crippen molar-refractivity contribution in [1.29, 1.82) is 0 Å². The Hall–Kier alpha value is -1.74. The molecular formula is C24H30F2IN3O. The van der Waals surface area contributed by atoms with Gasteiger partial charge in [-0.25, -0.2) is 8.78 Å². The lowest BCUT2D eigenvalue weighted by Gasteiger charge is -2.32. The van der Waals surface area contributed by atoms with Gasteiger partial charge in [0.25, 0.3) is 0 Å². The van der Waals surface area contributed by atoms with Gasteiger partial charge in [0.05, 0.1) is 6.10 Å². The average molecular weight is 541 g/mol. The third-order valence-corrected chi connectivity index (χ3v) is 6.09. The normalized spacial score (nSPS) is 25.5. The quantitative estimate of drug-likeness (QED) is 0.316. The van der Waals surface area contributed by atoms with E-state index < -0.39 is 11.6 Å². The predicted octanol–water partition coefficient (Wildman–Crippen LogP) is 5.08. The Morgan fingerprint density at radius 3 is 2.52 bits per heavy atom. The standard InChI is InChI=1S/C24H29F2N3O.HI/c1-15-8-10-16(11-9-15)23-17(5-4-12-30-23)14-28-24(27-2)29-21-13-18(21)22-19(25)6-3-7-20(22)26;/h3,6-11,17-18,21,23H,4-5,12-14H2,1-2H3,(H2,27,28,29);1H. The summed E-state index contributed by atoms with van der Waals surface area (Å²) in [5.41, 5.74) is 2.61. The van der Waals surface area contributed by atoms with Crippen molar-refractivity contribution in [3.05, 3.63) is 70.8 Å². The summed E-state index contributed by atoms with van der Waals surface area (Å²) in [7, 11) is 1.71. The molecule has 4 unspecified atom stereocenters. The van der Waals surface area contributed by atoms with Crippen molar-refractivity contribution in [2.75, 3.05) is 20.2 Å². The molecule has 1 aliphatic heterocycles. The van der Waals surface area contributed by atoms with Crippen molar-refractivity contribution >= 4 is 29.9 Å². The van der Waals surface area contributed by atoms with Crippen LogP contribution in [0.1, 0.15) is 48.0 Å². The van der Waals surface area contributed by atoms with E-state index in [1.807, 2.05) is 0 Å². The van der Waals surface area contributed by atoms with Crippen LogP contribution in [0.4, 0.5) is 8.78 Å². The molecule has 0 aromatic heterocycles. The van der Waals surface area contributed by atoms with E-state index in [1.165, 1.54) is 29.3 Å². The van der Waals surface area contributed by atoms with Crippen LogP contribution in [-0.2, 0) is 4.74 Å². The minimum atomic E-state index is -0.479. The molecule has 1 saturated heterocycles. The van der Waals surface area contributed by atoms with Gasteiger partial charge in [0.1, 0.15) is 11.6 Å². The molecule has 168 valence electrons. The van der Waals surface area contributed by atoms with Gasteiger partial charge in [0.15, 0.2) is 5.96 Å². The maximum absolute atomic E-state index is 14.0. The first kappa shape index (κ1) is 23.9. The SMILES string of the molecule is CN=C(NCC1CCCOC1c1ccc(C)cc1)NC1CC1c1c(F)cccc1F.I. The Morgan fingerprint density at radius 2 is 1.84 bits per heavy atom. The molecule has 2 fully saturated rings. The number of benzene rings is 2. The Labute approximate surface area is 199 Å². The summed E-state index contributed by atoms with van der Waals surface area (Å²) in [6.45, 7) is 3.59. The number of hydrogen-bond donors (Lipinski definition) is 2. The molecule has 7 heteroatoms. The van der Waals surface area contributed by atoms with Gasteiger partial charge in [0.2, 0.25) is 0 Å². The van der Waals surface area contributed by atoms with E-state index in [2.05, 4.69) is 46.8 Å². The molecule has 1 aliphatic carbocycles. The highest BCUT2D eigenvalue weighted by Crippen LogP contribution is 2.43. The maximum atomic E-state index is 14.0. The third-order valence-electron chi connectivity index (χ3n) is 6.09. The van der Waals surface area contributed by atoms with Crippen molar-refractivity contribution < 1.29 is 13.5 Å². The van der Waals surface area contributed by atoms with Crippen molar-refractivity contribution in [2.45, 2.75) is 44.2 Å². The summed E-state index contributed by atoms with van der Waals surface area (Å²) in [4.78, 5) is 4.30. The molecule has 0 bridgehead atoms. The summed E-state index contributed by atoms with van der Waals surface area (Å²) < 4.78 is 34.1. The second-order valence-corrected chi connectivity index (χ2v) is 8.29. The number of nitrogens with one attached hydrogen (secondary N) is 2. The van der Waals surface area contributed by atoms with E-state index in [9.17, 15) is 8.78 Å². The highest BCUT2D eigenvalue weighted by atomic mass is 127. The fourth-order valence-electron chi connectivity index (χ4n) is 4.31. The highest BCUT2D eigenvalue weighted by molar-refractivity contribution is 14.0. The first-order chi connectivity index (χ1) is 14.6. The van der Waals surface area contributed by atoms with Gasteiger partial charge in [-0.2, -0.15) is 0 Å². The van der Waals surface area contributed by atoms with Crippen LogP contribution in [0.25, 0.3) is 0 Å². The fourth-order valence-corrected chi connectivity index (χ4v) is 4.31. The molecule has 2 aromatic carbocycles. The van der Waals surface area contributed by atoms with Gasteiger partial charge in [-0.1, -0.05) is 35.9 Å². The Balaban J connectivity index is 0.00000272. The van der Waals surface area contributed by atoms with Crippen LogP contribution in [0.5, 0.6) is 0 Å². The molecule has 0 spiro atoms. The second kappa shape index (κ2) is 10.7. The fraction of sp³-hybridized carbons (Fsp3) is 0.458. The summed E-state index contributed by atoms with van der Waals surface area (Å²) in [6.07, 6.45) is 2.87. The average Bonchev–Trinajstić information content (AvgIpc) is 3.50. The minimum Gasteiger partial charge on any atom is -0.373 e. The van der Waals surface area contributed by atoms with Gasteiger partial charge in [-0.05, 0) is 43.9 Å². The number of nitrogens with zero attached hydrogens (tertiary/aromatic N) is 1. The first-order valence-corrected chi connectivity index (χ1v) is 10.7. The van der Waals surface area contributed by atoms with E-state index in [4.69, 9.17) is 4.74 Å². The Kier molecular flexibility index (Phi) is 8.27. The van der Waals surface area contributed by atoms with Crippen LogP contribution >= 0.6 is 24.0 Å². The van der Waals surface area contributed by atoms with E-state index in [1.54, 1.807) is 7.05 Å². The smallest absolute Gasteiger partial charge is 0.191 e. The van der Waals surface area contributed by atoms with E-state index in [0.29, 0.717) is 18.3 Å². The largest absolute Gasteiger partial charge is 0.373 e. The number of halogens is 3. The lowest BCUT2D eigenvalue weighted by Crippen LogP contribution is -2.43. The molecule has 31 heavy (non-hydrogen) atoms. The van der Waals surface area contributed by atoms with Crippen molar-refractivity contribution in [1.82, 2.24) is 10.6 Å².